The molecule has 4 heteroatoms. The highest BCUT2D eigenvalue weighted by Gasteiger charge is 2.12. The lowest BCUT2D eigenvalue weighted by molar-refractivity contribution is 0.0785. The average Bonchev–Trinajstić information content (AvgIpc) is 2.42. The molecule has 0 spiro atoms. The first-order chi connectivity index (χ1) is 9.08. The summed E-state index contributed by atoms with van der Waals surface area (Å²) in [5.74, 6) is -0.151. The van der Waals surface area contributed by atoms with Crippen molar-refractivity contribution in [1.82, 2.24) is 9.47 Å². The Kier molecular flexibility index (Phi) is 3.80. The standard InChI is InChI=1S/C15H16N2O2/c1-16-9-8-13(10-14(16)18)15(19)17(2)11-12-6-4-3-5-7-12/h3-10H,11H2,1-2H3. The van der Waals surface area contributed by atoms with Crippen LogP contribution in [0.5, 0.6) is 0 Å². The summed E-state index contributed by atoms with van der Waals surface area (Å²) >= 11 is 0. The minimum absolute atomic E-state index is 0.151. The number of nitrogens with zero attached hydrogens (tertiary/aromatic N) is 2. The summed E-state index contributed by atoms with van der Waals surface area (Å²) in [6.45, 7) is 0.523. The van der Waals surface area contributed by atoms with E-state index in [4.69, 9.17) is 0 Å². The molecule has 0 aliphatic carbocycles. The summed E-state index contributed by atoms with van der Waals surface area (Å²) in [4.78, 5) is 25.3. The topological polar surface area (TPSA) is 42.3 Å². The second-order valence-corrected chi connectivity index (χ2v) is 4.51. The summed E-state index contributed by atoms with van der Waals surface area (Å²) < 4.78 is 1.44. The summed E-state index contributed by atoms with van der Waals surface area (Å²) in [5.41, 5.74) is 1.29. The molecule has 0 bridgehead atoms. The van der Waals surface area contributed by atoms with Gasteiger partial charge in [0.15, 0.2) is 0 Å². The highest BCUT2D eigenvalue weighted by atomic mass is 16.2. The van der Waals surface area contributed by atoms with Gasteiger partial charge in [-0.2, -0.15) is 0 Å². The highest BCUT2D eigenvalue weighted by molar-refractivity contribution is 5.93. The number of aryl methyl sites for hydroxylation is 1. The van der Waals surface area contributed by atoms with E-state index in [1.807, 2.05) is 30.3 Å². The average molecular weight is 256 g/mol. The second kappa shape index (κ2) is 5.52. The first kappa shape index (κ1) is 13.1. The molecule has 19 heavy (non-hydrogen) atoms. The molecule has 0 saturated carbocycles. The molecule has 0 N–H and O–H groups in total. The van der Waals surface area contributed by atoms with Gasteiger partial charge in [-0.3, -0.25) is 9.59 Å². The maximum Gasteiger partial charge on any atom is 0.254 e. The van der Waals surface area contributed by atoms with Crippen LogP contribution >= 0.6 is 0 Å². The van der Waals surface area contributed by atoms with Gasteiger partial charge >= 0.3 is 0 Å². The van der Waals surface area contributed by atoms with Crippen molar-refractivity contribution < 1.29 is 4.79 Å². The maximum absolute atomic E-state index is 12.2. The molecule has 2 rings (SSSR count). The normalized spacial score (nSPS) is 10.2. The monoisotopic (exact) mass is 256 g/mol. The first-order valence-corrected chi connectivity index (χ1v) is 6.04. The van der Waals surface area contributed by atoms with Gasteiger partial charge in [0.05, 0.1) is 0 Å². The van der Waals surface area contributed by atoms with Gasteiger partial charge in [-0.05, 0) is 11.6 Å². The predicted molar refractivity (Wildman–Crippen MR) is 73.9 cm³/mol. The summed E-state index contributed by atoms with van der Waals surface area (Å²) in [6, 6.07) is 12.8. The number of rotatable bonds is 3. The molecular formula is C15H16N2O2. The van der Waals surface area contributed by atoms with Gasteiger partial charge in [-0.15, -0.1) is 0 Å². The number of hydrogen-bond donors (Lipinski definition) is 0. The van der Waals surface area contributed by atoms with Crippen molar-refractivity contribution in [2.45, 2.75) is 6.54 Å². The van der Waals surface area contributed by atoms with E-state index in [9.17, 15) is 9.59 Å². The number of benzene rings is 1. The summed E-state index contributed by atoms with van der Waals surface area (Å²) in [7, 11) is 3.39. The summed E-state index contributed by atoms with van der Waals surface area (Å²) in [6.07, 6.45) is 1.60. The van der Waals surface area contributed by atoms with Crippen molar-refractivity contribution >= 4 is 5.91 Å². The van der Waals surface area contributed by atoms with Crippen LogP contribution in [0.1, 0.15) is 15.9 Å². The lowest BCUT2D eigenvalue weighted by Crippen LogP contribution is -2.28. The number of amides is 1. The van der Waals surface area contributed by atoms with E-state index in [1.54, 1.807) is 31.3 Å². The van der Waals surface area contributed by atoms with Gasteiger partial charge in [0.2, 0.25) is 0 Å². The minimum atomic E-state index is -0.182. The highest BCUT2D eigenvalue weighted by Crippen LogP contribution is 2.06. The Balaban J connectivity index is 2.15. The van der Waals surface area contributed by atoms with Crippen LogP contribution in [0.25, 0.3) is 0 Å². The third kappa shape index (κ3) is 3.10. The van der Waals surface area contributed by atoms with Crippen LogP contribution in [0.3, 0.4) is 0 Å². The molecule has 0 atom stereocenters. The zero-order chi connectivity index (χ0) is 13.8. The van der Waals surface area contributed by atoms with Crippen LogP contribution in [-0.2, 0) is 13.6 Å². The second-order valence-electron chi connectivity index (χ2n) is 4.51. The van der Waals surface area contributed by atoms with Gasteiger partial charge in [0.1, 0.15) is 0 Å². The van der Waals surface area contributed by atoms with Crippen LogP contribution in [0.15, 0.2) is 53.5 Å². The quantitative estimate of drug-likeness (QED) is 0.838. The fourth-order valence-electron chi connectivity index (χ4n) is 1.83. The lowest BCUT2D eigenvalue weighted by atomic mass is 10.2. The first-order valence-electron chi connectivity index (χ1n) is 6.04. The Hall–Kier alpha value is -2.36. The summed E-state index contributed by atoms with van der Waals surface area (Å²) in [5, 5.41) is 0. The van der Waals surface area contributed by atoms with E-state index in [2.05, 4.69) is 0 Å². The van der Waals surface area contributed by atoms with E-state index < -0.39 is 0 Å². The molecule has 0 aliphatic heterocycles. The maximum atomic E-state index is 12.2. The van der Waals surface area contributed by atoms with Crippen molar-refractivity contribution in [2.75, 3.05) is 7.05 Å². The third-order valence-electron chi connectivity index (χ3n) is 2.96. The van der Waals surface area contributed by atoms with Crippen LogP contribution in [0.4, 0.5) is 0 Å². The molecule has 2 aromatic rings. The third-order valence-corrected chi connectivity index (χ3v) is 2.96. The van der Waals surface area contributed by atoms with Crippen molar-refractivity contribution in [2.24, 2.45) is 7.05 Å². The largest absolute Gasteiger partial charge is 0.337 e. The van der Waals surface area contributed by atoms with Gasteiger partial charge in [0, 0.05) is 38.5 Å². The number of carbonyl (C=O) groups excluding carboxylic acids is 1. The zero-order valence-corrected chi connectivity index (χ0v) is 11.0. The molecule has 0 aliphatic rings. The van der Waals surface area contributed by atoms with Gasteiger partial charge < -0.3 is 9.47 Å². The number of carbonyl (C=O) groups is 1. The van der Waals surface area contributed by atoms with Gasteiger partial charge in [-0.25, -0.2) is 0 Å². The minimum Gasteiger partial charge on any atom is -0.337 e. The Morgan fingerprint density at radius 3 is 2.53 bits per heavy atom. The van der Waals surface area contributed by atoms with Crippen LogP contribution < -0.4 is 5.56 Å². The van der Waals surface area contributed by atoms with Crippen molar-refractivity contribution in [3.05, 3.63) is 70.1 Å². The smallest absolute Gasteiger partial charge is 0.254 e. The molecule has 4 nitrogen and oxygen atoms in total. The molecule has 1 aromatic heterocycles. The van der Waals surface area contributed by atoms with E-state index in [-0.39, 0.29) is 11.5 Å². The van der Waals surface area contributed by atoms with Crippen LogP contribution in [0, 0.1) is 0 Å². The SMILES string of the molecule is CN(Cc1ccccc1)C(=O)c1ccn(C)c(=O)c1. The molecule has 0 unspecified atom stereocenters. The Morgan fingerprint density at radius 1 is 1.21 bits per heavy atom. The van der Waals surface area contributed by atoms with Gasteiger partial charge in [-0.1, -0.05) is 30.3 Å². The zero-order valence-electron chi connectivity index (χ0n) is 11.0. The fourth-order valence-corrected chi connectivity index (χ4v) is 1.83. The van der Waals surface area contributed by atoms with Gasteiger partial charge in [0.25, 0.3) is 11.5 Å². The molecule has 0 radical (unpaired) electrons. The van der Waals surface area contributed by atoms with E-state index >= 15 is 0 Å². The molecule has 1 aromatic carbocycles. The lowest BCUT2D eigenvalue weighted by Gasteiger charge is -2.17. The number of pyridine rings is 1. The van der Waals surface area contributed by atoms with Crippen LogP contribution in [0.2, 0.25) is 0 Å². The van der Waals surface area contributed by atoms with E-state index in [0.717, 1.165) is 5.56 Å². The van der Waals surface area contributed by atoms with E-state index in [1.165, 1.54) is 10.6 Å². The van der Waals surface area contributed by atoms with Crippen molar-refractivity contribution in [3.63, 3.8) is 0 Å². The number of aromatic nitrogens is 1. The Morgan fingerprint density at radius 2 is 1.89 bits per heavy atom. The molecular weight excluding hydrogens is 240 g/mol. The van der Waals surface area contributed by atoms with Crippen molar-refractivity contribution in [1.29, 1.82) is 0 Å². The molecule has 1 amide bonds. The molecule has 0 saturated heterocycles. The van der Waals surface area contributed by atoms with Crippen molar-refractivity contribution in [3.8, 4) is 0 Å². The fraction of sp³-hybridized carbons (Fsp3) is 0.200. The molecule has 98 valence electrons. The van der Waals surface area contributed by atoms with E-state index in [0.29, 0.717) is 12.1 Å². The van der Waals surface area contributed by atoms with Crippen LogP contribution in [-0.4, -0.2) is 22.4 Å². The Labute approximate surface area is 111 Å². The Bertz CT molecular complexity index is 632. The molecule has 1 heterocycles. The molecule has 0 fully saturated rings. The number of hydrogen-bond acceptors (Lipinski definition) is 2. The predicted octanol–water partition coefficient (Wildman–Crippen LogP) is 1.66.